The predicted molar refractivity (Wildman–Crippen MR) is 107 cm³/mol. The van der Waals surface area contributed by atoms with Crippen LogP contribution < -0.4 is 5.32 Å². The van der Waals surface area contributed by atoms with Crippen molar-refractivity contribution in [3.05, 3.63) is 65.7 Å². The Morgan fingerprint density at radius 2 is 1.89 bits per heavy atom. The molecule has 27 heavy (non-hydrogen) atoms. The predicted octanol–water partition coefficient (Wildman–Crippen LogP) is 3.72. The lowest BCUT2D eigenvalue weighted by Crippen LogP contribution is -2.30. The van der Waals surface area contributed by atoms with E-state index in [1.54, 1.807) is 4.68 Å². The van der Waals surface area contributed by atoms with Gasteiger partial charge in [-0.25, -0.2) is 0 Å². The van der Waals surface area contributed by atoms with Crippen molar-refractivity contribution in [3.8, 4) is 5.69 Å². The zero-order valence-corrected chi connectivity index (χ0v) is 16.3. The van der Waals surface area contributed by atoms with Crippen molar-refractivity contribution in [1.29, 1.82) is 0 Å². The number of para-hydroxylation sites is 1. The minimum absolute atomic E-state index is 0.0247. The van der Waals surface area contributed by atoms with Crippen molar-refractivity contribution in [1.82, 2.24) is 25.5 Å². The van der Waals surface area contributed by atoms with Crippen molar-refractivity contribution in [2.45, 2.75) is 37.9 Å². The largest absolute Gasteiger partial charge is 0.349 e. The minimum Gasteiger partial charge on any atom is -0.349 e. The second-order valence-corrected chi connectivity index (χ2v) is 7.21. The van der Waals surface area contributed by atoms with Crippen LogP contribution >= 0.6 is 11.8 Å². The molecule has 1 heterocycles. The highest BCUT2D eigenvalue weighted by molar-refractivity contribution is 7.99. The summed E-state index contributed by atoms with van der Waals surface area (Å²) in [7, 11) is 0. The highest BCUT2D eigenvalue weighted by Gasteiger charge is 2.16. The van der Waals surface area contributed by atoms with E-state index in [0.29, 0.717) is 5.16 Å². The molecule has 1 N–H and O–H groups in total. The number of benzene rings is 2. The molecule has 6 nitrogen and oxygen atoms in total. The number of carbonyl (C=O) groups is 1. The minimum atomic E-state index is -0.0263. The molecule has 0 aliphatic heterocycles. The first-order chi connectivity index (χ1) is 13.2. The monoisotopic (exact) mass is 381 g/mol. The molecule has 1 aromatic heterocycles. The molecule has 0 unspecified atom stereocenters. The second kappa shape index (κ2) is 9.32. The number of hydrogen-bond donors (Lipinski definition) is 1. The summed E-state index contributed by atoms with van der Waals surface area (Å²) in [4.78, 5) is 12.5. The quantitative estimate of drug-likeness (QED) is 0.602. The van der Waals surface area contributed by atoms with Crippen LogP contribution in [0.25, 0.3) is 5.69 Å². The van der Waals surface area contributed by atoms with Crippen LogP contribution in [0.15, 0.2) is 59.8 Å². The normalized spacial score (nSPS) is 11.9. The van der Waals surface area contributed by atoms with Crippen LogP contribution in [-0.2, 0) is 4.79 Å². The van der Waals surface area contributed by atoms with E-state index in [0.717, 1.165) is 29.7 Å². The van der Waals surface area contributed by atoms with Crippen LogP contribution in [-0.4, -0.2) is 31.9 Å². The van der Waals surface area contributed by atoms with Gasteiger partial charge in [-0.2, -0.15) is 4.68 Å². The molecule has 0 aliphatic rings. The van der Waals surface area contributed by atoms with Gasteiger partial charge in [-0.05, 0) is 41.0 Å². The number of aryl methyl sites for hydroxylation is 1. The molecule has 0 spiro atoms. The summed E-state index contributed by atoms with van der Waals surface area (Å²) in [5.74, 6) is 0.237. The number of rotatable bonds is 8. The van der Waals surface area contributed by atoms with Crippen LogP contribution in [0.1, 0.15) is 36.9 Å². The van der Waals surface area contributed by atoms with E-state index >= 15 is 0 Å². The first-order valence-corrected chi connectivity index (χ1v) is 9.99. The van der Waals surface area contributed by atoms with Crippen molar-refractivity contribution < 1.29 is 4.79 Å². The number of tetrazole rings is 1. The molecule has 0 aliphatic carbocycles. The summed E-state index contributed by atoms with van der Waals surface area (Å²) in [5, 5.41) is 15.6. The molecule has 1 amide bonds. The summed E-state index contributed by atoms with van der Waals surface area (Å²) in [5.41, 5.74) is 3.11. The standard InChI is InChI=1S/C20H23N5OS/c1-3-9-17(16-11-5-4-6-12-16)21-19(26)14-27-20-22-23-24-25(20)18-13-8-7-10-15(18)2/h4-8,10-13,17H,3,9,14H2,1-2H3,(H,21,26)/t17-/m1/s1. The van der Waals surface area contributed by atoms with Crippen molar-refractivity contribution in [3.63, 3.8) is 0 Å². The van der Waals surface area contributed by atoms with Gasteiger partial charge in [-0.3, -0.25) is 4.79 Å². The smallest absolute Gasteiger partial charge is 0.230 e. The van der Waals surface area contributed by atoms with Crippen LogP contribution in [0.2, 0.25) is 0 Å². The van der Waals surface area contributed by atoms with Crippen molar-refractivity contribution >= 4 is 17.7 Å². The molecule has 7 heteroatoms. The number of nitrogens with zero attached hydrogens (tertiary/aromatic N) is 4. The topological polar surface area (TPSA) is 72.7 Å². The third kappa shape index (κ3) is 4.95. The molecule has 1 atom stereocenters. The van der Waals surface area contributed by atoms with Crippen LogP contribution in [0, 0.1) is 6.92 Å². The van der Waals surface area contributed by atoms with Gasteiger partial charge >= 0.3 is 0 Å². The Kier molecular flexibility index (Phi) is 6.59. The van der Waals surface area contributed by atoms with Gasteiger partial charge < -0.3 is 5.32 Å². The fourth-order valence-corrected chi connectivity index (χ4v) is 3.58. The van der Waals surface area contributed by atoms with Crippen molar-refractivity contribution in [2.75, 3.05) is 5.75 Å². The third-order valence-electron chi connectivity index (χ3n) is 4.23. The molecule has 3 aromatic rings. The average molecular weight is 382 g/mol. The number of carbonyl (C=O) groups excluding carboxylic acids is 1. The summed E-state index contributed by atoms with van der Waals surface area (Å²) >= 11 is 1.34. The number of hydrogen-bond acceptors (Lipinski definition) is 5. The Bertz CT molecular complexity index is 881. The van der Waals surface area contributed by atoms with E-state index in [1.165, 1.54) is 11.8 Å². The van der Waals surface area contributed by atoms with Gasteiger partial charge in [0.1, 0.15) is 0 Å². The third-order valence-corrected chi connectivity index (χ3v) is 5.15. The Morgan fingerprint density at radius 3 is 2.63 bits per heavy atom. The van der Waals surface area contributed by atoms with E-state index in [2.05, 4.69) is 27.8 Å². The fourth-order valence-electron chi connectivity index (χ4n) is 2.88. The number of amides is 1. The van der Waals surface area contributed by atoms with E-state index in [1.807, 2.05) is 61.5 Å². The van der Waals surface area contributed by atoms with Crippen LogP contribution in [0.4, 0.5) is 0 Å². The van der Waals surface area contributed by atoms with Gasteiger partial charge in [0, 0.05) is 0 Å². The summed E-state index contributed by atoms with van der Waals surface area (Å²) < 4.78 is 1.67. The van der Waals surface area contributed by atoms with Gasteiger partial charge in [0.05, 0.1) is 17.5 Å². The molecule has 0 saturated carbocycles. The van der Waals surface area contributed by atoms with Crippen molar-refractivity contribution in [2.24, 2.45) is 0 Å². The molecule has 0 radical (unpaired) electrons. The zero-order valence-electron chi connectivity index (χ0n) is 15.5. The van der Waals surface area contributed by atoms with Gasteiger partial charge in [0.2, 0.25) is 11.1 Å². The van der Waals surface area contributed by atoms with E-state index in [4.69, 9.17) is 0 Å². The maximum atomic E-state index is 12.5. The van der Waals surface area contributed by atoms with Gasteiger partial charge in [0.25, 0.3) is 0 Å². The first kappa shape index (κ1) is 19.1. The van der Waals surface area contributed by atoms with Gasteiger partial charge in [-0.15, -0.1) is 5.10 Å². The first-order valence-electron chi connectivity index (χ1n) is 9.00. The Labute approximate surface area is 163 Å². The Hall–Kier alpha value is -2.67. The molecule has 2 aromatic carbocycles. The Balaban J connectivity index is 1.64. The maximum absolute atomic E-state index is 12.5. The molecule has 3 rings (SSSR count). The summed E-state index contributed by atoms with van der Waals surface area (Å²) in [6.07, 6.45) is 1.90. The SMILES string of the molecule is CCC[C@@H](NC(=O)CSc1nnnn1-c1ccccc1C)c1ccccc1. The molecular formula is C20H23N5OS. The highest BCUT2D eigenvalue weighted by Crippen LogP contribution is 2.22. The molecule has 0 fully saturated rings. The highest BCUT2D eigenvalue weighted by atomic mass is 32.2. The van der Waals surface area contributed by atoms with E-state index in [-0.39, 0.29) is 17.7 Å². The number of aromatic nitrogens is 4. The molecule has 0 bridgehead atoms. The molecular weight excluding hydrogens is 358 g/mol. The molecule has 0 saturated heterocycles. The zero-order chi connectivity index (χ0) is 19.1. The Morgan fingerprint density at radius 1 is 1.15 bits per heavy atom. The van der Waals surface area contributed by atoms with Gasteiger partial charge in [-0.1, -0.05) is 73.6 Å². The van der Waals surface area contributed by atoms with E-state index in [9.17, 15) is 4.79 Å². The van der Waals surface area contributed by atoms with Gasteiger partial charge in [0.15, 0.2) is 0 Å². The summed E-state index contributed by atoms with van der Waals surface area (Å²) in [6.45, 7) is 4.13. The fraction of sp³-hybridized carbons (Fsp3) is 0.300. The number of thioether (sulfide) groups is 1. The lowest BCUT2D eigenvalue weighted by atomic mass is 10.0. The maximum Gasteiger partial charge on any atom is 0.230 e. The van der Waals surface area contributed by atoms with Crippen LogP contribution in [0.3, 0.4) is 0 Å². The molecule has 140 valence electrons. The second-order valence-electron chi connectivity index (χ2n) is 6.27. The summed E-state index contributed by atoms with van der Waals surface area (Å²) in [6, 6.07) is 18.0. The lowest BCUT2D eigenvalue weighted by Gasteiger charge is -2.18. The lowest BCUT2D eigenvalue weighted by molar-refractivity contribution is -0.119. The average Bonchev–Trinajstić information content (AvgIpc) is 3.15. The number of nitrogens with one attached hydrogen (secondary N) is 1. The van der Waals surface area contributed by atoms with E-state index < -0.39 is 0 Å². The van der Waals surface area contributed by atoms with Crippen LogP contribution in [0.5, 0.6) is 0 Å².